The molecule has 7 heteroatoms. The van der Waals surface area contributed by atoms with Gasteiger partial charge in [0.05, 0.1) is 17.5 Å². The zero-order chi connectivity index (χ0) is 16.5. The van der Waals surface area contributed by atoms with E-state index in [0.29, 0.717) is 6.07 Å². The standard InChI is InChI=1S/C15H9F3O4/c16-15(17,18)12-6-10(5-11(7-12)14(21)22)8-2-1-3-9(4-8)13(19)20/h1-7H,(H,19,20)(H,21,22)/p-2. The molecule has 4 nitrogen and oxygen atoms in total. The van der Waals surface area contributed by atoms with Crippen molar-refractivity contribution in [3.05, 3.63) is 59.2 Å². The summed E-state index contributed by atoms with van der Waals surface area (Å²) < 4.78 is 38.5. The van der Waals surface area contributed by atoms with E-state index in [-0.39, 0.29) is 16.7 Å². The predicted molar refractivity (Wildman–Crippen MR) is 65.5 cm³/mol. The smallest absolute Gasteiger partial charge is 0.416 e. The van der Waals surface area contributed by atoms with Crippen LogP contribution in [0.1, 0.15) is 26.3 Å². The summed E-state index contributed by atoms with van der Waals surface area (Å²) >= 11 is 0. The molecule has 0 fully saturated rings. The number of alkyl halides is 3. The van der Waals surface area contributed by atoms with Gasteiger partial charge in [0.25, 0.3) is 0 Å². The lowest BCUT2D eigenvalue weighted by Crippen LogP contribution is -2.23. The Labute approximate surface area is 122 Å². The molecule has 0 aliphatic carbocycles. The highest BCUT2D eigenvalue weighted by molar-refractivity contribution is 5.90. The van der Waals surface area contributed by atoms with Crippen LogP contribution in [0, 0.1) is 0 Å². The number of carbonyl (C=O) groups is 2. The van der Waals surface area contributed by atoms with E-state index in [1.807, 2.05) is 0 Å². The summed E-state index contributed by atoms with van der Waals surface area (Å²) in [4.78, 5) is 21.6. The molecule has 0 unspecified atom stereocenters. The van der Waals surface area contributed by atoms with Crippen LogP contribution >= 0.6 is 0 Å². The van der Waals surface area contributed by atoms with Crippen molar-refractivity contribution in [2.24, 2.45) is 0 Å². The summed E-state index contributed by atoms with van der Waals surface area (Å²) in [6, 6.07) is 7.18. The minimum Gasteiger partial charge on any atom is -0.545 e. The third-order valence-corrected chi connectivity index (χ3v) is 2.93. The van der Waals surface area contributed by atoms with Crippen LogP contribution in [-0.4, -0.2) is 11.9 Å². The number of hydrogen-bond donors (Lipinski definition) is 0. The van der Waals surface area contributed by atoms with E-state index in [0.717, 1.165) is 18.2 Å². The monoisotopic (exact) mass is 308 g/mol. The van der Waals surface area contributed by atoms with Gasteiger partial charge < -0.3 is 19.8 Å². The number of hydrogen-bond acceptors (Lipinski definition) is 4. The first-order valence-electron chi connectivity index (χ1n) is 5.94. The molecule has 2 aromatic carbocycles. The fourth-order valence-corrected chi connectivity index (χ4v) is 1.90. The molecule has 0 aliphatic rings. The fraction of sp³-hybridized carbons (Fsp3) is 0.0667. The molecule has 0 saturated carbocycles. The Kier molecular flexibility index (Phi) is 3.90. The van der Waals surface area contributed by atoms with E-state index >= 15 is 0 Å². The second-order valence-electron chi connectivity index (χ2n) is 4.45. The third-order valence-electron chi connectivity index (χ3n) is 2.93. The normalized spacial score (nSPS) is 11.2. The summed E-state index contributed by atoms with van der Waals surface area (Å²) in [5.41, 5.74) is -2.01. The molecule has 0 bridgehead atoms. The largest absolute Gasteiger partial charge is 0.545 e. The van der Waals surface area contributed by atoms with Crippen molar-refractivity contribution in [2.45, 2.75) is 6.18 Å². The fourth-order valence-electron chi connectivity index (χ4n) is 1.90. The summed E-state index contributed by atoms with van der Waals surface area (Å²) in [7, 11) is 0. The van der Waals surface area contributed by atoms with Gasteiger partial charge in [-0.25, -0.2) is 0 Å². The first-order chi connectivity index (χ1) is 10.2. The number of carbonyl (C=O) groups excluding carboxylic acids is 2. The van der Waals surface area contributed by atoms with Crippen LogP contribution in [0.4, 0.5) is 13.2 Å². The van der Waals surface area contributed by atoms with Crippen LogP contribution in [-0.2, 0) is 6.18 Å². The lowest BCUT2D eigenvalue weighted by Gasteiger charge is -2.13. The molecular weight excluding hydrogens is 301 g/mol. The van der Waals surface area contributed by atoms with Crippen molar-refractivity contribution in [3.8, 4) is 11.1 Å². The van der Waals surface area contributed by atoms with E-state index in [2.05, 4.69) is 0 Å². The zero-order valence-corrected chi connectivity index (χ0v) is 10.8. The minimum atomic E-state index is -4.74. The topological polar surface area (TPSA) is 80.3 Å². The molecule has 0 heterocycles. The molecule has 0 spiro atoms. The van der Waals surface area contributed by atoms with Crippen molar-refractivity contribution in [1.29, 1.82) is 0 Å². The Balaban J connectivity index is 2.64. The maximum Gasteiger partial charge on any atom is 0.416 e. The highest BCUT2D eigenvalue weighted by atomic mass is 19.4. The lowest BCUT2D eigenvalue weighted by molar-refractivity contribution is -0.256. The number of benzene rings is 2. The summed E-state index contributed by atoms with van der Waals surface area (Å²) in [5.74, 6) is -3.25. The quantitative estimate of drug-likeness (QED) is 0.850. The van der Waals surface area contributed by atoms with E-state index in [4.69, 9.17) is 0 Å². The molecule has 2 rings (SSSR count). The number of carboxylic acid groups (broad SMARTS) is 2. The first kappa shape index (κ1) is 15.6. The summed E-state index contributed by atoms with van der Waals surface area (Å²) in [5, 5.41) is 21.6. The Hall–Kier alpha value is -2.83. The molecular formula is C15H7F3O4-2. The van der Waals surface area contributed by atoms with Crippen molar-refractivity contribution in [2.75, 3.05) is 0 Å². The molecule has 22 heavy (non-hydrogen) atoms. The maximum absolute atomic E-state index is 12.8. The summed E-state index contributed by atoms with van der Waals surface area (Å²) in [6.45, 7) is 0. The molecule has 2 aromatic rings. The predicted octanol–water partition coefficient (Wildman–Crippen LogP) is 1.10. The molecule has 0 radical (unpaired) electrons. The van der Waals surface area contributed by atoms with Gasteiger partial charge in [0.2, 0.25) is 0 Å². The van der Waals surface area contributed by atoms with E-state index in [9.17, 15) is 33.0 Å². The molecule has 0 saturated heterocycles. The van der Waals surface area contributed by atoms with Crippen LogP contribution in [0.5, 0.6) is 0 Å². The molecule has 0 aliphatic heterocycles. The van der Waals surface area contributed by atoms with Crippen molar-refractivity contribution in [3.63, 3.8) is 0 Å². The van der Waals surface area contributed by atoms with Gasteiger partial charge in [0, 0.05) is 0 Å². The second kappa shape index (κ2) is 5.51. The van der Waals surface area contributed by atoms with Crippen LogP contribution in [0.3, 0.4) is 0 Å². The molecule has 0 amide bonds. The van der Waals surface area contributed by atoms with Crippen molar-refractivity contribution in [1.82, 2.24) is 0 Å². The molecule has 0 atom stereocenters. The zero-order valence-electron chi connectivity index (χ0n) is 10.8. The lowest BCUT2D eigenvalue weighted by atomic mass is 9.98. The van der Waals surface area contributed by atoms with Gasteiger partial charge in [-0.2, -0.15) is 13.2 Å². The molecule has 0 N–H and O–H groups in total. The van der Waals surface area contributed by atoms with Crippen molar-refractivity contribution >= 4 is 11.9 Å². The van der Waals surface area contributed by atoms with Gasteiger partial charge in [-0.15, -0.1) is 0 Å². The van der Waals surface area contributed by atoms with Crippen LogP contribution in [0.25, 0.3) is 11.1 Å². The SMILES string of the molecule is O=C([O-])c1cccc(-c2cc(C(=O)[O-])cc(C(F)(F)F)c2)c1. The van der Waals surface area contributed by atoms with Crippen LogP contribution in [0.15, 0.2) is 42.5 Å². The van der Waals surface area contributed by atoms with E-state index < -0.39 is 29.2 Å². The van der Waals surface area contributed by atoms with Crippen LogP contribution in [0.2, 0.25) is 0 Å². The van der Waals surface area contributed by atoms with Gasteiger partial charge in [0.15, 0.2) is 0 Å². The molecule has 114 valence electrons. The maximum atomic E-state index is 12.8. The van der Waals surface area contributed by atoms with Crippen LogP contribution < -0.4 is 10.2 Å². The Morgan fingerprint density at radius 2 is 1.41 bits per heavy atom. The number of aromatic carboxylic acids is 2. The highest BCUT2D eigenvalue weighted by Gasteiger charge is 2.31. The average molecular weight is 308 g/mol. The average Bonchev–Trinajstić information content (AvgIpc) is 2.46. The van der Waals surface area contributed by atoms with Gasteiger partial charge >= 0.3 is 6.18 Å². The molecule has 0 aromatic heterocycles. The van der Waals surface area contributed by atoms with Gasteiger partial charge in [0.1, 0.15) is 0 Å². The third kappa shape index (κ3) is 3.25. The van der Waals surface area contributed by atoms with E-state index in [1.54, 1.807) is 0 Å². The highest BCUT2D eigenvalue weighted by Crippen LogP contribution is 2.33. The Bertz CT molecular complexity index is 751. The van der Waals surface area contributed by atoms with Gasteiger partial charge in [-0.05, 0) is 46.5 Å². The second-order valence-corrected chi connectivity index (χ2v) is 4.45. The number of carboxylic acids is 2. The first-order valence-corrected chi connectivity index (χ1v) is 5.94. The Morgan fingerprint density at radius 1 is 0.818 bits per heavy atom. The van der Waals surface area contributed by atoms with Gasteiger partial charge in [-0.3, -0.25) is 0 Å². The number of halogens is 3. The Morgan fingerprint density at radius 3 is 1.95 bits per heavy atom. The minimum absolute atomic E-state index is 0.0860. The number of rotatable bonds is 3. The van der Waals surface area contributed by atoms with E-state index in [1.165, 1.54) is 18.2 Å². The van der Waals surface area contributed by atoms with Crippen molar-refractivity contribution < 1.29 is 33.0 Å². The van der Waals surface area contributed by atoms with Gasteiger partial charge in [-0.1, -0.05) is 18.2 Å². The summed E-state index contributed by atoms with van der Waals surface area (Å²) in [6.07, 6.45) is -4.74.